The Morgan fingerprint density at radius 1 is 1.73 bits per heavy atom. The largest absolute Gasteiger partial charge is 0.506 e. The standard InChI is InChI=1S/C6H9NO4/c8-5-4(11-6(9)10)2-1-3-7-5/h4H,1-3H2,(H,7,8)(H,9,10)/t4-/m0/s1. The van der Waals surface area contributed by atoms with Gasteiger partial charge in [0.15, 0.2) is 6.10 Å². The van der Waals surface area contributed by atoms with Gasteiger partial charge < -0.3 is 15.2 Å². The fourth-order valence-corrected chi connectivity index (χ4v) is 0.978. The Kier molecular flexibility index (Phi) is 2.30. The van der Waals surface area contributed by atoms with Crippen LogP contribution >= 0.6 is 0 Å². The van der Waals surface area contributed by atoms with Crippen molar-refractivity contribution in [3.8, 4) is 0 Å². The molecule has 1 amide bonds. The van der Waals surface area contributed by atoms with Gasteiger partial charge in [-0.15, -0.1) is 0 Å². The highest BCUT2D eigenvalue weighted by molar-refractivity contribution is 5.83. The lowest BCUT2D eigenvalue weighted by molar-refractivity contribution is -0.132. The molecule has 5 nitrogen and oxygen atoms in total. The van der Waals surface area contributed by atoms with Crippen molar-refractivity contribution in [3.63, 3.8) is 0 Å². The van der Waals surface area contributed by atoms with Crippen LogP contribution in [0.5, 0.6) is 0 Å². The predicted octanol–water partition coefficient (Wildman–Crippen LogP) is -0.0404. The van der Waals surface area contributed by atoms with Gasteiger partial charge in [-0.25, -0.2) is 4.79 Å². The number of nitrogens with one attached hydrogen (secondary N) is 1. The molecule has 1 aliphatic rings. The second-order valence-electron chi connectivity index (χ2n) is 2.31. The van der Waals surface area contributed by atoms with Gasteiger partial charge in [-0.1, -0.05) is 0 Å². The summed E-state index contributed by atoms with van der Waals surface area (Å²) in [6, 6.07) is 0. The first-order valence-corrected chi connectivity index (χ1v) is 3.37. The Morgan fingerprint density at radius 3 is 3.00 bits per heavy atom. The van der Waals surface area contributed by atoms with Crippen molar-refractivity contribution in [1.82, 2.24) is 5.32 Å². The molecule has 0 aromatic rings. The summed E-state index contributed by atoms with van der Waals surface area (Å²) in [7, 11) is 0. The third-order valence-corrected chi connectivity index (χ3v) is 1.48. The highest BCUT2D eigenvalue weighted by Gasteiger charge is 2.25. The van der Waals surface area contributed by atoms with Crippen LogP contribution < -0.4 is 5.32 Å². The third-order valence-electron chi connectivity index (χ3n) is 1.48. The average molecular weight is 159 g/mol. The molecule has 0 bridgehead atoms. The SMILES string of the molecule is O=C(O)O[C@H]1CCCNC1=O. The van der Waals surface area contributed by atoms with Gasteiger partial charge in [0.25, 0.3) is 5.91 Å². The van der Waals surface area contributed by atoms with Crippen LogP contribution in [0.2, 0.25) is 0 Å². The lowest BCUT2D eigenvalue weighted by atomic mass is 10.1. The van der Waals surface area contributed by atoms with Crippen LogP contribution in [-0.2, 0) is 9.53 Å². The molecule has 11 heavy (non-hydrogen) atoms. The van der Waals surface area contributed by atoms with Crippen molar-refractivity contribution in [2.45, 2.75) is 18.9 Å². The zero-order valence-electron chi connectivity index (χ0n) is 5.87. The van der Waals surface area contributed by atoms with E-state index in [1.807, 2.05) is 0 Å². The minimum absolute atomic E-state index is 0.335. The Balaban J connectivity index is 2.42. The number of hydrogen-bond donors (Lipinski definition) is 2. The summed E-state index contributed by atoms with van der Waals surface area (Å²) in [4.78, 5) is 20.8. The number of carbonyl (C=O) groups excluding carboxylic acids is 1. The zero-order chi connectivity index (χ0) is 8.27. The van der Waals surface area contributed by atoms with E-state index in [9.17, 15) is 9.59 Å². The molecular formula is C6H9NO4. The van der Waals surface area contributed by atoms with Gasteiger partial charge in [0.1, 0.15) is 0 Å². The topological polar surface area (TPSA) is 75.6 Å². The molecule has 0 aliphatic carbocycles. The van der Waals surface area contributed by atoms with Crippen LogP contribution in [0.1, 0.15) is 12.8 Å². The minimum Gasteiger partial charge on any atom is -0.450 e. The molecule has 2 N–H and O–H groups in total. The minimum atomic E-state index is -1.40. The molecule has 5 heteroatoms. The van der Waals surface area contributed by atoms with Crippen LogP contribution in [-0.4, -0.2) is 29.8 Å². The van der Waals surface area contributed by atoms with Gasteiger partial charge in [-0.3, -0.25) is 4.79 Å². The van der Waals surface area contributed by atoms with E-state index in [0.717, 1.165) is 6.42 Å². The molecule has 0 aromatic carbocycles. The summed E-state index contributed by atoms with van der Waals surface area (Å²) in [5.74, 6) is -0.335. The van der Waals surface area contributed by atoms with E-state index in [0.29, 0.717) is 13.0 Å². The predicted molar refractivity (Wildman–Crippen MR) is 35.1 cm³/mol. The van der Waals surface area contributed by atoms with Gasteiger partial charge in [-0.05, 0) is 12.8 Å². The fraction of sp³-hybridized carbons (Fsp3) is 0.667. The number of ether oxygens (including phenoxy) is 1. The first kappa shape index (κ1) is 7.84. The number of carbonyl (C=O) groups is 2. The highest BCUT2D eigenvalue weighted by Crippen LogP contribution is 2.06. The molecule has 1 rings (SSSR count). The Labute approximate surface area is 63.3 Å². The van der Waals surface area contributed by atoms with Crippen molar-refractivity contribution in [3.05, 3.63) is 0 Å². The number of amides is 1. The molecule has 1 fully saturated rings. The number of hydrogen-bond acceptors (Lipinski definition) is 3. The van der Waals surface area contributed by atoms with Gasteiger partial charge >= 0.3 is 6.16 Å². The van der Waals surface area contributed by atoms with Crippen LogP contribution in [0.25, 0.3) is 0 Å². The van der Waals surface area contributed by atoms with Crippen molar-refractivity contribution in [2.24, 2.45) is 0 Å². The molecule has 0 spiro atoms. The summed E-state index contributed by atoms with van der Waals surface area (Å²) in [5, 5.41) is 10.7. The van der Waals surface area contributed by atoms with Crippen LogP contribution in [0.15, 0.2) is 0 Å². The molecule has 62 valence electrons. The van der Waals surface area contributed by atoms with E-state index in [2.05, 4.69) is 10.1 Å². The summed E-state index contributed by atoms with van der Waals surface area (Å²) in [5.41, 5.74) is 0. The highest BCUT2D eigenvalue weighted by atomic mass is 16.7. The lowest BCUT2D eigenvalue weighted by Crippen LogP contribution is -2.42. The van der Waals surface area contributed by atoms with Gasteiger partial charge in [0, 0.05) is 6.54 Å². The number of carboxylic acid groups (broad SMARTS) is 1. The molecule has 0 saturated carbocycles. The fourth-order valence-electron chi connectivity index (χ4n) is 0.978. The first-order chi connectivity index (χ1) is 5.20. The maximum atomic E-state index is 10.8. The van der Waals surface area contributed by atoms with Crippen molar-refractivity contribution in [2.75, 3.05) is 6.54 Å². The van der Waals surface area contributed by atoms with E-state index in [1.165, 1.54) is 0 Å². The van der Waals surface area contributed by atoms with Crippen molar-refractivity contribution >= 4 is 12.1 Å². The molecule has 0 aromatic heterocycles. The molecule has 1 atom stereocenters. The van der Waals surface area contributed by atoms with Crippen molar-refractivity contribution in [1.29, 1.82) is 0 Å². The first-order valence-electron chi connectivity index (χ1n) is 3.37. The number of piperidine rings is 1. The van der Waals surface area contributed by atoms with Gasteiger partial charge in [0.2, 0.25) is 0 Å². The summed E-state index contributed by atoms with van der Waals surface area (Å²) in [6.45, 7) is 0.609. The van der Waals surface area contributed by atoms with Crippen LogP contribution in [0.3, 0.4) is 0 Å². The summed E-state index contributed by atoms with van der Waals surface area (Å²) < 4.78 is 4.31. The van der Waals surface area contributed by atoms with E-state index in [-0.39, 0.29) is 5.91 Å². The van der Waals surface area contributed by atoms with E-state index in [1.54, 1.807) is 0 Å². The molecule has 1 heterocycles. The zero-order valence-corrected chi connectivity index (χ0v) is 5.87. The van der Waals surface area contributed by atoms with Gasteiger partial charge in [0.05, 0.1) is 0 Å². The van der Waals surface area contributed by atoms with Crippen LogP contribution in [0, 0.1) is 0 Å². The Hall–Kier alpha value is -1.26. The Morgan fingerprint density at radius 2 is 2.45 bits per heavy atom. The quantitative estimate of drug-likeness (QED) is 0.526. The van der Waals surface area contributed by atoms with Crippen molar-refractivity contribution < 1.29 is 19.4 Å². The maximum Gasteiger partial charge on any atom is 0.506 e. The van der Waals surface area contributed by atoms with E-state index < -0.39 is 12.3 Å². The smallest absolute Gasteiger partial charge is 0.450 e. The van der Waals surface area contributed by atoms with Gasteiger partial charge in [-0.2, -0.15) is 0 Å². The third kappa shape index (κ3) is 2.10. The average Bonchev–Trinajstić information content (AvgIpc) is 1.93. The molecule has 1 saturated heterocycles. The Bertz CT molecular complexity index is 179. The second kappa shape index (κ2) is 3.23. The molecule has 0 unspecified atom stereocenters. The molecule has 0 radical (unpaired) electrons. The maximum absolute atomic E-state index is 10.8. The number of rotatable bonds is 1. The van der Waals surface area contributed by atoms with E-state index in [4.69, 9.17) is 5.11 Å². The van der Waals surface area contributed by atoms with E-state index >= 15 is 0 Å². The molecular weight excluding hydrogens is 150 g/mol. The second-order valence-corrected chi connectivity index (χ2v) is 2.31. The molecule has 1 aliphatic heterocycles. The van der Waals surface area contributed by atoms with Crippen LogP contribution in [0.4, 0.5) is 4.79 Å². The normalized spacial score (nSPS) is 24.0. The summed E-state index contributed by atoms with van der Waals surface area (Å²) >= 11 is 0. The monoisotopic (exact) mass is 159 g/mol. The lowest BCUT2D eigenvalue weighted by Gasteiger charge is -2.19. The summed E-state index contributed by atoms with van der Waals surface area (Å²) in [6.07, 6.45) is -0.949.